The molecule has 2 heterocycles. The molecule has 0 aliphatic heterocycles. The van der Waals surface area contributed by atoms with Crippen LogP contribution in [0, 0.1) is 12.7 Å². The van der Waals surface area contributed by atoms with Crippen molar-refractivity contribution in [3.05, 3.63) is 65.2 Å². The fraction of sp³-hybridized carbons (Fsp3) is 0.182. The summed E-state index contributed by atoms with van der Waals surface area (Å²) in [5.41, 5.74) is -0.0436. The lowest BCUT2D eigenvalue weighted by atomic mass is 9.98. The van der Waals surface area contributed by atoms with Crippen LogP contribution in [0.2, 0.25) is 0 Å². The lowest BCUT2D eigenvalue weighted by Gasteiger charge is -2.12. The zero-order valence-corrected chi connectivity index (χ0v) is 16.0. The van der Waals surface area contributed by atoms with Crippen LogP contribution in [-0.4, -0.2) is 22.5 Å². The maximum absolute atomic E-state index is 14.0. The summed E-state index contributed by atoms with van der Waals surface area (Å²) in [5, 5.41) is -0.158. The molecule has 1 N–H and O–H groups in total. The van der Waals surface area contributed by atoms with Gasteiger partial charge in [0.05, 0.1) is 17.6 Å². The van der Waals surface area contributed by atoms with Crippen LogP contribution in [0.4, 0.5) is 17.6 Å². The van der Waals surface area contributed by atoms with E-state index >= 15 is 0 Å². The van der Waals surface area contributed by atoms with Gasteiger partial charge in [-0.1, -0.05) is 29.8 Å². The third kappa shape index (κ3) is 3.28. The van der Waals surface area contributed by atoms with Crippen molar-refractivity contribution >= 4 is 27.8 Å². The van der Waals surface area contributed by atoms with Crippen molar-refractivity contribution < 1.29 is 27.1 Å². The number of rotatable bonds is 3. The maximum atomic E-state index is 14.0. The summed E-state index contributed by atoms with van der Waals surface area (Å²) < 4.78 is 60.9. The van der Waals surface area contributed by atoms with E-state index in [9.17, 15) is 22.4 Å². The van der Waals surface area contributed by atoms with Gasteiger partial charge in [-0.05, 0) is 37.6 Å². The molecule has 0 spiro atoms. The molecule has 2 aromatic heterocycles. The largest absolute Gasteiger partial charge is 0.461 e. The second-order valence-electron chi connectivity index (χ2n) is 6.83. The minimum Gasteiger partial charge on any atom is -0.461 e. The standard InChI is InChI=1S/C22H16F4N2O2/c1-3-30-21(29)19-16(12-6-4-11(2)5-7-12)17-18(28-19)14-10-13(23)8-9-15(14)27-20(17)22(24,25)26/h4-10,28H,3H2,1-2H3. The summed E-state index contributed by atoms with van der Waals surface area (Å²) in [6, 6.07) is 10.0. The Morgan fingerprint density at radius 2 is 1.83 bits per heavy atom. The van der Waals surface area contributed by atoms with Gasteiger partial charge < -0.3 is 9.72 Å². The zero-order chi connectivity index (χ0) is 21.6. The highest BCUT2D eigenvalue weighted by atomic mass is 19.4. The second-order valence-corrected chi connectivity index (χ2v) is 6.83. The molecule has 0 bridgehead atoms. The minimum atomic E-state index is -4.80. The van der Waals surface area contributed by atoms with Gasteiger partial charge in [-0.15, -0.1) is 0 Å². The topological polar surface area (TPSA) is 55.0 Å². The average Bonchev–Trinajstić information content (AvgIpc) is 3.08. The molecule has 0 saturated heterocycles. The Bertz CT molecular complexity index is 1270. The fourth-order valence-corrected chi connectivity index (χ4v) is 3.49. The number of alkyl halides is 3. The first kappa shape index (κ1) is 19.9. The molecule has 154 valence electrons. The van der Waals surface area contributed by atoms with E-state index in [-0.39, 0.29) is 39.7 Å². The Morgan fingerprint density at radius 3 is 2.47 bits per heavy atom. The van der Waals surface area contributed by atoms with Crippen molar-refractivity contribution in [2.24, 2.45) is 0 Å². The van der Waals surface area contributed by atoms with E-state index in [1.165, 1.54) is 6.07 Å². The number of esters is 1. The number of carbonyl (C=O) groups excluding carboxylic acids is 1. The number of carbonyl (C=O) groups is 1. The third-order valence-electron chi connectivity index (χ3n) is 4.79. The molecular formula is C22H16F4N2O2. The van der Waals surface area contributed by atoms with E-state index in [4.69, 9.17) is 4.74 Å². The number of fused-ring (bicyclic) bond motifs is 3. The highest BCUT2D eigenvalue weighted by molar-refractivity contribution is 6.16. The highest BCUT2D eigenvalue weighted by Crippen LogP contribution is 2.43. The number of ether oxygens (including phenoxy) is 1. The summed E-state index contributed by atoms with van der Waals surface area (Å²) in [5.74, 6) is -1.43. The normalized spacial score (nSPS) is 11.9. The first-order valence-electron chi connectivity index (χ1n) is 9.17. The Kier molecular flexibility index (Phi) is 4.72. The highest BCUT2D eigenvalue weighted by Gasteiger charge is 2.38. The van der Waals surface area contributed by atoms with Crippen LogP contribution in [0.15, 0.2) is 42.5 Å². The summed E-state index contributed by atoms with van der Waals surface area (Å²) >= 11 is 0. The molecule has 4 nitrogen and oxygen atoms in total. The van der Waals surface area contributed by atoms with Gasteiger partial charge >= 0.3 is 12.1 Å². The van der Waals surface area contributed by atoms with Crippen LogP contribution in [0.5, 0.6) is 0 Å². The van der Waals surface area contributed by atoms with Gasteiger partial charge in [0.15, 0.2) is 5.69 Å². The van der Waals surface area contributed by atoms with E-state index < -0.39 is 23.7 Å². The van der Waals surface area contributed by atoms with Crippen LogP contribution >= 0.6 is 0 Å². The van der Waals surface area contributed by atoms with Crippen molar-refractivity contribution in [1.82, 2.24) is 9.97 Å². The van der Waals surface area contributed by atoms with Crippen LogP contribution < -0.4 is 0 Å². The lowest BCUT2D eigenvalue weighted by Crippen LogP contribution is -2.10. The third-order valence-corrected chi connectivity index (χ3v) is 4.79. The second kappa shape index (κ2) is 7.12. The summed E-state index contributed by atoms with van der Waals surface area (Å²) in [7, 11) is 0. The summed E-state index contributed by atoms with van der Waals surface area (Å²) in [6.45, 7) is 3.48. The zero-order valence-electron chi connectivity index (χ0n) is 16.0. The van der Waals surface area contributed by atoms with Crippen LogP contribution in [0.1, 0.15) is 28.7 Å². The van der Waals surface area contributed by atoms with Gasteiger partial charge in [-0.2, -0.15) is 13.2 Å². The van der Waals surface area contributed by atoms with Gasteiger partial charge in [0, 0.05) is 16.3 Å². The lowest BCUT2D eigenvalue weighted by molar-refractivity contribution is -0.139. The Balaban J connectivity index is 2.21. The number of halogens is 4. The van der Waals surface area contributed by atoms with Crippen LogP contribution in [0.25, 0.3) is 32.9 Å². The summed E-state index contributed by atoms with van der Waals surface area (Å²) in [6.07, 6.45) is -4.80. The van der Waals surface area contributed by atoms with Crippen LogP contribution in [-0.2, 0) is 10.9 Å². The Hall–Kier alpha value is -3.42. The fourth-order valence-electron chi connectivity index (χ4n) is 3.49. The SMILES string of the molecule is CCOC(=O)c1[nH]c2c(c(C(F)(F)F)nc3ccc(F)cc32)c1-c1ccc(C)cc1. The number of H-pyrrole nitrogens is 1. The molecule has 0 atom stereocenters. The van der Waals surface area contributed by atoms with Crippen molar-refractivity contribution in [2.75, 3.05) is 6.61 Å². The summed E-state index contributed by atoms with van der Waals surface area (Å²) in [4.78, 5) is 19.1. The number of aromatic amines is 1. The van der Waals surface area contributed by atoms with Crippen molar-refractivity contribution in [3.63, 3.8) is 0 Å². The average molecular weight is 416 g/mol. The van der Waals surface area contributed by atoms with Gasteiger partial charge in [0.25, 0.3) is 0 Å². The predicted molar refractivity (Wildman–Crippen MR) is 105 cm³/mol. The number of hydrogen-bond donors (Lipinski definition) is 1. The number of aryl methyl sites for hydroxylation is 1. The molecule has 0 amide bonds. The van der Waals surface area contributed by atoms with E-state index in [2.05, 4.69) is 9.97 Å². The molecule has 0 unspecified atom stereocenters. The predicted octanol–water partition coefficient (Wildman–Crippen LogP) is 6.03. The monoisotopic (exact) mass is 416 g/mol. The maximum Gasteiger partial charge on any atom is 0.434 e. The van der Waals surface area contributed by atoms with Gasteiger partial charge in [-0.3, -0.25) is 0 Å². The number of hydrogen-bond acceptors (Lipinski definition) is 3. The van der Waals surface area contributed by atoms with Crippen molar-refractivity contribution in [2.45, 2.75) is 20.0 Å². The molecule has 4 aromatic rings. The molecule has 2 aromatic carbocycles. The molecule has 4 rings (SSSR count). The molecule has 0 aliphatic rings. The molecule has 0 saturated carbocycles. The first-order chi connectivity index (χ1) is 14.2. The molecular weight excluding hydrogens is 400 g/mol. The molecule has 8 heteroatoms. The van der Waals surface area contributed by atoms with Gasteiger partial charge in [0.2, 0.25) is 0 Å². The number of pyridine rings is 1. The number of aromatic nitrogens is 2. The first-order valence-corrected chi connectivity index (χ1v) is 9.17. The van der Waals surface area contributed by atoms with Crippen molar-refractivity contribution in [3.8, 4) is 11.1 Å². The molecule has 0 fully saturated rings. The minimum absolute atomic E-state index is 0.0226. The van der Waals surface area contributed by atoms with Crippen molar-refractivity contribution in [1.29, 1.82) is 0 Å². The Morgan fingerprint density at radius 1 is 1.13 bits per heavy atom. The Labute approximate surface area is 168 Å². The quantitative estimate of drug-likeness (QED) is 0.328. The van der Waals surface area contributed by atoms with Gasteiger partial charge in [-0.25, -0.2) is 14.2 Å². The van der Waals surface area contributed by atoms with E-state index in [1.807, 2.05) is 6.92 Å². The van der Waals surface area contributed by atoms with E-state index in [0.29, 0.717) is 5.56 Å². The van der Waals surface area contributed by atoms with E-state index in [0.717, 1.165) is 17.7 Å². The van der Waals surface area contributed by atoms with E-state index in [1.54, 1.807) is 31.2 Å². The number of benzene rings is 2. The van der Waals surface area contributed by atoms with Gasteiger partial charge in [0.1, 0.15) is 11.5 Å². The van der Waals surface area contributed by atoms with Crippen LogP contribution in [0.3, 0.4) is 0 Å². The number of nitrogens with one attached hydrogen (secondary N) is 1. The molecule has 30 heavy (non-hydrogen) atoms. The molecule has 0 radical (unpaired) electrons. The number of nitrogens with zero attached hydrogens (tertiary/aromatic N) is 1. The molecule has 0 aliphatic carbocycles. The smallest absolute Gasteiger partial charge is 0.434 e.